The zero-order valence-corrected chi connectivity index (χ0v) is 7.61. The molecule has 0 radical (unpaired) electrons. The van der Waals surface area contributed by atoms with Gasteiger partial charge in [0.15, 0.2) is 0 Å². The minimum absolute atomic E-state index is 0.241. The maximum absolute atomic E-state index is 11.3. The van der Waals surface area contributed by atoms with E-state index >= 15 is 0 Å². The number of aromatic nitrogens is 1. The Morgan fingerprint density at radius 1 is 1.29 bits per heavy atom. The molecule has 0 aromatic carbocycles. The van der Waals surface area contributed by atoms with Crippen molar-refractivity contribution in [2.45, 2.75) is 6.92 Å². The van der Waals surface area contributed by atoms with Gasteiger partial charge in [-0.2, -0.15) is 0 Å². The van der Waals surface area contributed by atoms with Crippen LogP contribution in [0.2, 0.25) is 0 Å². The predicted molar refractivity (Wildman–Crippen MR) is 52.8 cm³/mol. The molecule has 2 rings (SSSR count). The number of allylic oxidation sites excluding steroid dienone is 2. The van der Waals surface area contributed by atoms with Gasteiger partial charge in [0.1, 0.15) is 0 Å². The molecule has 1 aromatic heterocycles. The molecule has 1 aromatic rings. The van der Waals surface area contributed by atoms with E-state index in [0.29, 0.717) is 11.3 Å². The number of rotatable bonds is 0. The second-order valence-electron chi connectivity index (χ2n) is 3.21. The summed E-state index contributed by atoms with van der Waals surface area (Å²) >= 11 is 0. The van der Waals surface area contributed by atoms with E-state index in [9.17, 15) is 9.59 Å². The van der Waals surface area contributed by atoms with Crippen molar-refractivity contribution >= 4 is 12.2 Å². The van der Waals surface area contributed by atoms with Gasteiger partial charge in [0.05, 0.1) is 11.3 Å². The molecule has 4 heteroatoms. The predicted octanol–water partition coefficient (Wildman–Crippen LogP) is 1.00. The number of H-pyrrole nitrogens is 1. The Labute approximate surface area is 79.6 Å². The fourth-order valence-corrected chi connectivity index (χ4v) is 1.30. The van der Waals surface area contributed by atoms with Gasteiger partial charge in [-0.3, -0.25) is 4.98 Å². The van der Waals surface area contributed by atoms with E-state index < -0.39 is 11.4 Å². The summed E-state index contributed by atoms with van der Waals surface area (Å²) in [7, 11) is 0. The summed E-state index contributed by atoms with van der Waals surface area (Å²) in [6, 6.07) is 0. The van der Waals surface area contributed by atoms with E-state index in [1.165, 1.54) is 0 Å². The van der Waals surface area contributed by atoms with Crippen LogP contribution in [0.1, 0.15) is 18.2 Å². The van der Waals surface area contributed by atoms with Crippen molar-refractivity contribution in [2.75, 3.05) is 0 Å². The van der Waals surface area contributed by atoms with Gasteiger partial charge in [0, 0.05) is 0 Å². The van der Waals surface area contributed by atoms with E-state index in [2.05, 4.69) is 9.40 Å². The highest BCUT2D eigenvalue weighted by atomic mass is 16.4. The Morgan fingerprint density at radius 3 is 2.79 bits per heavy atom. The van der Waals surface area contributed by atoms with Crippen molar-refractivity contribution in [1.82, 2.24) is 4.98 Å². The Bertz CT molecular complexity index is 519. The van der Waals surface area contributed by atoms with Gasteiger partial charge in [0.25, 0.3) is 0 Å². The van der Waals surface area contributed by atoms with Gasteiger partial charge >= 0.3 is 11.4 Å². The molecule has 4 nitrogen and oxygen atoms in total. The summed E-state index contributed by atoms with van der Waals surface area (Å²) in [6.07, 6.45) is 7.16. The fourth-order valence-electron chi connectivity index (χ4n) is 1.30. The first-order chi connectivity index (χ1) is 6.66. The smallest absolute Gasteiger partial charge is 0.372 e. The third-order valence-electron chi connectivity index (χ3n) is 2.07. The number of hydrogen-bond acceptors (Lipinski definition) is 3. The molecule has 1 unspecified atom stereocenters. The standard InChI is InChI=1S/C10H9NO3/c1-6-2-4-7-8(5-3-6)11-10(13)14-9(7)12/h2-6H,1H3,(H,11,13). The molecule has 0 saturated heterocycles. The van der Waals surface area contributed by atoms with Gasteiger partial charge < -0.3 is 4.42 Å². The van der Waals surface area contributed by atoms with Crippen LogP contribution in [0.25, 0.3) is 12.2 Å². The van der Waals surface area contributed by atoms with E-state index in [-0.39, 0.29) is 5.92 Å². The normalized spacial score (nSPS) is 19.1. The van der Waals surface area contributed by atoms with Gasteiger partial charge in [0.2, 0.25) is 0 Å². The Kier molecular flexibility index (Phi) is 1.96. The van der Waals surface area contributed by atoms with Crippen molar-refractivity contribution in [1.29, 1.82) is 0 Å². The van der Waals surface area contributed by atoms with Gasteiger partial charge in [-0.25, -0.2) is 9.59 Å². The summed E-state index contributed by atoms with van der Waals surface area (Å²) < 4.78 is 4.41. The van der Waals surface area contributed by atoms with E-state index in [1.54, 1.807) is 12.2 Å². The molecule has 0 fully saturated rings. The summed E-state index contributed by atoms with van der Waals surface area (Å²) in [5.41, 5.74) is 0.302. The lowest BCUT2D eigenvalue weighted by Gasteiger charge is -1.94. The highest BCUT2D eigenvalue weighted by Crippen LogP contribution is 2.13. The van der Waals surface area contributed by atoms with Crippen LogP contribution in [0, 0.1) is 5.92 Å². The van der Waals surface area contributed by atoms with E-state index in [1.807, 2.05) is 19.1 Å². The Hall–Kier alpha value is -1.84. The van der Waals surface area contributed by atoms with E-state index in [0.717, 1.165) is 0 Å². The van der Waals surface area contributed by atoms with Crippen molar-refractivity contribution < 1.29 is 4.42 Å². The molecule has 14 heavy (non-hydrogen) atoms. The number of fused-ring (bicyclic) bond motifs is 1. The topological polar surface area (TPSA) is 63.1 Å². The summed E-state index contributed by atoms with van der Waals surface area (Å²) in [5.74, 6) is -0.480. The molecule has 0 amide bonds. The number of aromatic amines is 1. The zero-order valence-electron chi connectivity index (χ0n) is 7.61. The second-order valence-corrected chi connectivity index (χ2v) is 3.21. The van der Waals surface area contributed by atoms with Crippen LogP contribution in [0.4, 0.5) is 0 Å². The largest absolute Gasteiger partial charge is 0.419 e. The van der Waals surface area contributed by atoms with Gasteiger partial charge in [-0.1, -0.05) is 19.1 Å². The van der Waals surface area contributed by atoms with Crippen LogP contribution in [-0.2, 0) is 0 Å². The maximum Gasteiger partial charge on any atom is 0.419 e. The molecule has 0 spiro atoms. The maximum atomic E-state index is 11.3. The molecular formula is C10H9NO3. The highest BCUT2D eigenvalue weighted by molar-refractivity contribution is 5.63. The van der Waals surface area contributed by atoms with Crippen molar-refractivity contribution in [2.24, 2.45) is 5.92 Å². The van der Waals surface area contributed by atoms with Crippen LogP contribution in [0.5, 0.6) is 0 Å². The quantitative estimate of drug-likeness (QED) is 0.665. The molecule has 1 aliphatic carbocycles. The SMILES string of the molecule is CC1C=Cc2[nH]c(=O)oc(=O)c2C=C1. The third kappa shape index (κ3) is 1.46. The van der Waals surface area contributed by atoms with Crippen LogP contribution in [0.15, 0.2) is 26.2 Å². The molecule has 1 heterocycles. The molecule has 0 bridgehead atoms. The minimum Gasteiger partial charge on any atom is -0.372 e. The minimum atomic E-state index is -0.721. The lowest BCUT2D eigenvalue weighted by molar-refractivity contribution is 0.447. The molecule has 1 atom stereocenters. The second kappa shape index (κ2) is 3.14. The molecule has 72 valence electrons. The Balaban J connectivity index is 2.75. The molecule has 1 N–H and O–H groups in total. The number of hydrogen-bond donors (Lipinski definition) is 1. The molecule has 1 aliphatic rings. The van der Waals surface area contributed by atoms with Crippen LogP contribution < -0.4 is 11.4 Å². The van der Waals surface area contributed by atoms with E-state index in [4.69, 9.17) is 0 Å². The lowest BCUT2D eigenvalue weighted by atomic mass is 10.2. The first kappa shape index (κ1) is 8.74. The first-order valence-corrected chi connectivity index (χ1v) is 4.30. The average Bonchev–Trinajstić information content (AvgIpc) is 2.28. The molecular weight excluding hydrogens is 182 g/mol. The summed E-state index contributed by atoms with van der Waals surface area (Å²) in [5, 5.41) is 0. The van der Waals surface area contributed by atoms with Gasteiger partial charge in [-0.15, -0.1) is 0 Å². The first-order valence-electron chi connectivity index (χ1n) is 4.30. The molecule has 0 saturated carbocycles. The van der Waals surface area contributed by atoms with Gasteiger partial charge in [-0.05, 0) is 18.1 Å². The van der Waals surface area contributed by atoms with Crippen molar-refractivity contribution in [3.05, 3.63) is 44.4 Å². The average molecular weight is 191 g/mol. The zero-order chi connectivity index (χ0) is 10.1. The van der Waals surface area contributed by atoms with Crippen molar-refractivity contribution in [3.63, 3.8) is 0 Å². The lowest BCUT2D eigenvalue weighted by Crippen LogP contribution is -2.18. The highest BCUT2D eigenvalue weighted by Gasteiger charge is 2.08. The fraction of sp³-hybridized carbons (Fsp3) is 0.200. The molecule has 0 aliphatic heterocycles. The summed E-state index contributed by atoms with van der Waals surface area (Å²) in [4.78, 5) is 24.6. The Morgan fingerprint density at radius 2 is 2.00 bits per heavy atom. The monoisotopic (exact) mass is 191 g/mol. The van der Waals surface area contributed by atoms with Crippen LogP contribution >= 0.6 is 0 Å². The third-order valence-corrected chi connectivity index (χ3v) is 2.07. The number of nitrogens with one attached hydrogen (secondary N) is 1. The van der Waals surface area contributed by atoms with Crippen LogP contribution in [0.3, 0.4) is 0 Å². The van der Waals surface area contributed by atoms with Crippen LogP contribution in [-0.4, -0.2) is 4.98 Å². The summed E-state index contributed by atoms with van der Waals surface area (Å²) in [6.45, 7) is 1.98. The van der Waals surface area contributed by atoms with Crippen molar-refractivity contribution in [3.8, 4) is 0 Å².